The molecule has 0 spiro atoms. The van der Waals surface area contributed by atoms with Crippen LogP contribution in [0.15, 0.2) is 78.9 Å². The van der Waals surface area contributed by atoms with E-state index in [1.54, 1.807) is 24.3 Å². The quantitative estimate of drug-likeness (QED) is 0.381. The Hall–Kier alpha value is -3.85. The number of anilines is 1. The van der Waals surface area contributed by atoms with Crippen molar-refractivity contribution in [2.45, 2.75) is 32.9 Å². The number of amides is 2. The molecule has 1 N–H and O–H groups in total. The summed E-state index contributed by atoms with van der Waals surface area (Å²) in [6.07, 6.45) is 1.32. The van der Waals surface area contributed by atoms with Crippen LogP contribution >= 0.6 is 0 Å². The fraction of sp³-hybridized carbons (Fsp3) is 0.310. The third-order valence-electron chi connectivity index (χ3n) is 6.13. The van der Waals surface area contributed by atoms with Crippen molar-refractivity contribution in [1.29, 1.82) is 0 Å². The van der Waals surface area contributed by atoms with Crippen LogP contribution in [0.2, 0.25) is 0 Å². The van der Waals surface area contributed by atoms with Crippen LogP contribution in [0.4, 0.5) is 5.69 Å². The maximum Gasteiger partial charge on any atom is 0.244 e. The van der Waals surface area contributed by atoms with Gasteiger partial charge >= 0.3 is 0 Å². The molecule has 8 nitrogen and oxygen atoms in total. The second kappa shape index (κ2) is 13.1. The third kappa shape index (κ3) is 7.58. The lowest BCUT2D eigenvalue weighted by atomic mass is 10.0. The number of aryl methyl sites for hydroxylation is 1. The van der Waals surface area contributed by atoms with Crippen molar-refractivity contribution in [2.75, 3.05) is 30.8 Å². The first-order valence-corrected chi connectivity index (χ1v) is 14.3. The molecule has 0 saturated heterocycles. The molecule has 0 radical (unpaired) electrons. The average Bonchev–Trinajstić information content (AvgIpc) is 2.90. The number of carbonyl (C=O) groups is 2. The molecule has 38 heavy (non-hydrogen) atoms. The molecule has 3 rings (SSSR count). The summed E-state index contributed by atoms with van der Waals surface area (Å²) >= 11 is 0. The molecule has 0 heterocycles. The van der Waals surface area contributed by atoms with Crippen LogP contribution in [-0.4, -0.2) is 57.6 Å². The van der Waals surface area contributed by atoms with E-state index in [2.05, 4.69) is 5.32 Å². The number of methoxy groups -OCH3 is 1. The minimum atomic E-state index is -3.87. The summed E-state index contributed by atoms with van der Waals surface area (Å²) in [6.45, 7) is 3.83. The summed E-state index contributed by atoms with van der Waals surface area (Å²) in [6, 6.07) is 22.9. The number of carbonyl (C=O) groups excluding carboxylic acids is 2. The molecule has 1 atom stereocenters. The van der Waals surface area contributed by atoms with Crippen molar-refractivity contribution >= 4 is 27.5 Å². The first-order valence-electron chi connectivity index (χ1n) is 12.4. The highest BCUT2D eigenvalue weighted by molar-refractivity contribution is 7.92. The van der Waals surface area contributed by atoms with E-state index >= 15 is 0 Å². The minimum absolute atomic E-state index is 0.136. The van der Waals surface area contributed by atoms with E-state index in [-0.39, 0.29) is 24.6 Å². The van der Waals surface area contributed by atoms with Gasteiger partial charge in [-0.3, -0.25) is 13.9 Å². The lowest BCUT2D eigenvalue weighted by molar-refractivity contribution is -0.140. The molecule has 0 unspecified atom stereocenters. The normalized spacial score (nSPS) is 11.9. The number of para-hydroxylation sites is 2. The van der Waals surface area contributed by atoms with E-state index in [0.717, 1.165) is 27.3 Å². The van der Waals surface area contributed by atoms with Gasteiger partial charge in [0.1, 0.15) is 18.3 Å². The fourth-order valence-corrected chi connectivity index (χ4v) is 5.02. The molecule has 0 aliphatic heterocycles. The van der Waals surface area contributed by atoms with Crippen LogP contribution in [0.3, 0.4) is 0 Å². The fourth-order valence-electron chi connectivity index (χ4n) is 4.17. The van der Waals surface area contributed by atoms with Gasteiger partial charge in [0.2, 0.25) is 21.8 Å². The number of rotatable bonds is 12. The van der Waals surface area contributed by atoms with Crippen LogP contribution in [0, 0.1) is 6.92 Å². The van der Waals surface area contributed by atoms with E-state index in [4.69, 9.17) is 4.74 Å². The molecule has 0 saturated carbocycles. The maximum atomic E-state index is 14.0. The number of hydrogen-bond acceptors (Lipinski definition) is 5. The molecule has 3 aromatic rings. The summed E-state index contributed by atoms with van der Waals surface area (Å²) in [5.41, 5.74) is 3.03. The van der Waals surface area contributed by atoms with E-state index in [9.17, 15) is 18.0 Å². The van der Waals surface area contributed by atoms with Crippen molar-refractivity contribution < 1.29 is 22.7 Å². The number of hydrogen-bond donors (Lipinski definition) is 1. The molecule has 0 fully saturated rings. The molecule has 0 bridgehead atoms. The molecule has 9 heteroatoms. The van der Waals surface area contributed by atoms with Gasteiger partial charge in [-0.2, -0.15) is 0 Å². The zero-order valence-corrected chi connectivity index (χ0v) is 23.1. The highest BCUT2D eigenvalue weighted by Crippen LogP contribution is 2.30. The van der Waals surface area contributed by atoms with Gasteiger partial charge in [-0.05, 0) is 37.1 Å². The van der Waals surface area contributed by atoms with Gasteiger partial charge in [-0.15, -0.1) is 0 Å². The van der Waals surface area contributed by atoms with E-state index < -0.39 is 28.5 Å². The standard InChI is InChI=1S/C29H35N3O5S/c1-5-30-29(34)26(19-23-11-7-6-8-12-23)31(20-24-17-15-22(2)16-18-24)28(33)21-32(38(4,35)36)25-13-9-10-14-27(25)37-3/h6-18,26H,5,19-21H2,1-4H3,(H,30,34)/t26-/m0/s1. The average molecular weight is 538 g/mol. The molecular weight excluding hydrogens is 502 g/mol. The molecule has 0 aliphatic carbocycles. The number of ether oxygens (including phenoxy) is 1. The lowest BCUT2D eigenvalue weighted by Gasteiger charge is -2.33. The topological polar surface area (TPSA) is 96.0 Å². The zero-order valence-electron chi connectivity index (χ0n) is 22.3. The van der Waals surface area contributed by atoms with Crippen molar-refractivity contribution in [1.82, 2.24) is 10.2 Å². The summed E-state index contributed by atoms with van der Waals surface area (Å²) in [5.74, 6) is -0.491. The predicted octanol–water partition coefficient (Wildman–Crippen LogP) is 3.55. The van der Waals surface area contributed by atoms with Gasteiger partial charge in [-0.25, -0.2) is 8.42 Å². The largest absolute Gasteiger partial charge is 0.495 e. The van der Waals surface area contributed by atoms with Gasteiger partial charge in [-0.1, -0.05) is 72.3 Å². The van der Waals surface area contributed by atoms with Crippen LogP contribution in [0.5, 0.6) is 5.75 Å². The molecule has 0 aromatic heterocycles. The van der Waals surface area contributed by atoms with Gasteiger partial charge in [0.05, 0.1) is 19.1 Å². The minimum Gasteiger partial charge on any atom is -0.495 e. The predicted molar refractivity (Wildman–Crippen MR) is 150 cm³/mol. The molecule has 0 aliphatic rings. The first kappa shape index (κ1) is 28.7. The number of sulfonamides is 1. The highest BCUT2D eigenvalue weighted by Gasteiger charge is 2.33. The van der Waals surface area contributed by atoms with Crippen molar-refractivity contribution in [3.05, 3.63) is 95.6 Å². The van der Waals surface area contributed by atoms with E-state index in [1.807, 2.05) is 68.4 Å². The van der Waals surface area contributed by atoms with Gasteiger partial charge in [0.25, 0.3) is 0 Å². The van der Waals surface area contributed by atoms with Gasteiger partial charge < -0.3 is 15.0 Å². The Labute approximate surface area is 225 Å². The second-order valence-electron chi connectivity index (χ2n) is 9.05. The molecule has 202 valence electrons. The first-order chi connectivity index (χ1) is 18.1. The Kier molecular flexibility index (Phi) is 9.90. The lowest BCUT2D eigenvalue weighted by Crippen LogP contribution is -2.53. The Balaban J connectivity index is 2.05. The smallest absolute Gasteiger partial charge is 0.244 e. The Morgan fingerprint density at radius 1 is 0.921 bits per heavy atom. The SMILES string of the molecule is CCNC(=O)[C@H](Cc1ccccc1)N(Cc1ccc(C)cc1)C(=O)CN(c1ccccc1OC)S(C)(=O)=O. The summed E-state index contributed by atoms with van der Waals surface area (Å²) < 4.78 is 32.1. The van der Waals surface area contributed by atoms with E-state index in [1.165, 1.54) is 12.0 Å². The molecular formula is C29H35N3O5S. The van der Waals surface area contributed by atoms with Gasteiger partial charge in [0, 0.05) is 19.5 Å². The summed E-state index contributed by atoms with van der Waals surface area (Å²) in [5, 5.41) is 2.84. The Bertz CT molecular complexity index is 1330. The zero-order chi connectivity index (χ0) is 27.7. The highest BCUT2D eigenvalue weighted by atomic mass is 32.2. The Morgan fingerprint density at radius 2 is 1.55 bits per heavy atom. The second-order valence-corrected chi connectivity index (χ2v) is 11.0. The van der Waals surface area contributed by atoms with Crippen LogP contribution < -0.4 is 14.4 Å². The third-order valence-corrected chi connectivity index (χ3v) is 7.26. The van der Waals surface area contributed by atoms with E-state index in [0.29, 0.717) is 12.3 Å². The number of benzene rings is 3. The van der Waals surface area contributed by atoms with Crippen molar-refractivity contribution in [3.8, 4) is 5.75 Å². The van der Waals surface area contributed by atoms with Crippen molar-refractivity contribution in [3.63, 3.8) is 0 Å². The van der Waals surface area contributed by atoms with Crippen LogP contribution in [0.1, 0.15) is 23.6 Å². The maximum absolute atomic E-state index is 14.0. The Morgan fingerprint density at radius 3 is 2.16 bits per heavy atom. The van der Waals surface area contributed by atoms with Gasteiger partial charge in [0.15, 0.2) is 0 Å². The summed E-state index contributed by atoms with van der Waals surface area (Å²) in [7, 11) is -2.43. The molecule has 3 aromatic carbocycles. The van der Waals surface area contributed by atoms with Crippen molar-refractivity contribution in [2.24, 2.45) is 0 Å². The van der Waals surface area contributed by atoms with Crippen LogP contribution in [0.25, 0.3) is 0 Å². The number of nitrogens with one attached hydrogen (secondary N) is 1. The monoisotopic (exact) mass is 537 g/mol. The van der Waals surface area contributed by atoms with Crippen LogP contribution in [-0.2, 0) is 32.6 Å². The summed E-state index contributed by atoms with van der Waals surface area (Å²) in [4.78, 5) is 28.8. The number of likely N-dealkylation sites (N-methyl/N-ethyl adjacent to an activating group) is 1. The number of nitrogens with zero attached hydrogens (tertiary/aromatic N) is 2. The molecule has 2 amide bonds.